The number of nitrogens with zero attached hydrogens (tertiary/aromatic N) is 1. The molecule has 1 aliphatic carbocycles. The van der Waals surface area contributed by atoms with Crippen LogP contribution in [0.4, 0.5) is 11.4 Å². The summed E-state index contributed by atoms with van der Waals surface area (Å²) in [5, 5.41) is 19.3. The van der Waals surface area contributed by atoms with E-state index in [-0.39, 0.29) is 22.5 Å². The van der Waals surface area contributed by atoms with Gasteiger partial charge in [0.15, 0.2) is 5.69 Å². The van der Waals surface area contributed by atoms with E-state index in [0.29, 0.717) is 5.56 Å². The lowest BCUT2D eigenvalue weighted by molar-refractivity contribution is -0.991. The van der Waals surface area contributed by atoms with Crippen molar-refractivity contribution in [3.63, 3.8) is 0 Å². The molecule has 4 atom stereocenters. The SMILES string of the molecule is O=C1[C@H]2[C@@H](c3ccccc3)OC3(C(=O)c4ccccc4C3=O)[C@@H]2C(=O)N1c1ccc([NH+]([O-])O)cc1. The number of ether oxygens (including phenoxy) is 1. The minimum atomic E-state index is -2.14. The van der Waals surface area contributed by atoms with Crippen LogP contribution in [0, 0.1) is 17.0 Å². The number of nitrogens with one attached hydrogen (secondary N) is 1. The number of anilines is 1. The van der Waals surface area contributed by atoms with Gasteiger partial charge in [0.2, 0.25) is 29.0 Å². The topological polar surface area (TPSA) is 128 Å². The molecule has 6 rings (SSSR count). The smallest absolute Gasteiger partial charge is 0.241 e. The van der Waals surface area contributed by atoms with Crippen LogP contribution in [0.25, 0.3) is 0 Å². The fraction of sp³-hybridized carbons (Fsp3) is 0.154. The van der Waals surface area contributed by atoms with E-state index in [2.05, 4.69) is 0 Å². The number of carbonyl (C=O) groups is 4. The molecule has 2 amide bonds. The molecule has 2 N–H and O–H groups in total. The fourth-order valence-corrected chi connectivity index (χ4v) is 5.47. The Bertz CT molecular complexity index is 1370. The summed E-state index contributed by atoms with van der Waals surface area (Å²) < 4.78 is 6.20. The van der Waals surface area contributed by atoms with Crippen molar-refractivity contribution in [2.24, 2.45) is 11.8 Å². The number of Topliss-reactive ketones (excluding diaryl/α,β-unsaturated/α-hetero) is 2. The number of hydrogen-bond donors (Lipinski definition) is 2. The number of amides is 2. The van der Waals surface area contributed by atoms with E-state index in [1.807, 2.05) is 0 Å². The molecule has 3 aliphatic rings. The van der Waals surface area contributed by atoms with Crippen LogP contribution in [0.2, 0.25) is 0 Å². The Morgan fingerprint density at radius 1 is 0.800 bits per heavy atom. The quantitative estimate of drug-likeness (QED) is 0.339. The molecule has 3 aromatic carbocycles. The molecular weight excluding hydrogens is 452 g/mol. The predicted octanol–water partition coefficient (Wildman–Crippen LogP) is 1.79. The summed E-state index contributed by atoms with van der Waals surface area (Å²) in [5.41, 5.74) is -1.09. The molecule has 1 unspecified atom stereocenters. The molecule has 0 bridgehead atoms. The third-order valence-electron chi connectivity index (χ3n) is 7.02. The molecule has 3 aromatic rings. The van der Waals surface area contributed by atoms with Gasteiger partial charge in [-0.25, -0.2) is 10.1 Å². The average molecular weight is 470 g/mol. The van der Waals surface area contributed by atoms with Crippen LogP contribution < -0.4 is 10.1 Å². The van der Waals surface area contributed by atoms with E-state index in [1.54, 1.807) is 42.5 Å². The number of quaternary nitrogens is 1. The number of ketones is 2. The number of imide groups is 1. The van der Waals surface area contributed by atoms with Gasteiger partial charge in [-0.05, 0) is 17.7 Å². The molecule has 0 radical (unpaired) electrons. The van der Waals surface area contributed by atoms with Crippen LogP contribution >= 0.6 is 0 Å². The van der Waals surface area contributed by atoms with Gasteiger partial charge in [0, 0.05) is 23.3 Å². The van der Waals surface area contributed by atoms with Crippen LogP contribution in [-0.2, 0) is 14.3 Å². The van der Waals surface area contributed by atoms with Gasteiger partial charge in [0.05, 0.1) is 23.6 Å². The van der Waals surface area contributed by atoms with E-state index >= 15 is 0 Å². The van der Waals surface area contributed by atoms with Crippen LogP contribution in [-0.4, -0.2) is 34.2 Å². The van der Waals surface area contributed by atoms with Crippen molar-refractivity contribution in [1.29, 1.82) is 0 Å². The van der Waals surface area contributed by atoms with Crippen molar-refractivity contribution < 1.29 is 34.3 Å². The predicted molar refractivity (Wildman–Crippen MR) is 120 cm³/mol. The highest BCUT2D eigenvalue weighted by Crippen LogP contribution is 2.57. The zero-order valence-electron chi connectivity index (χ0n) is 18.1. The number of fused-ring (bicyclic) bond motifs is 3. The number of benzene rings is 3. The van der Waals surface area contributed by atoms with Crippen molar-refractivity contribution in [1.82, 2.24) is 0 Å². The molecule has 1 spiro atoms. The first kappa shape index (κ1) is 21.5. The van der Waals surface area contributed by atoms with Crippen LogP contribution in [0.15, 0.2) is 78.9 Å². The zero-order chi connectivity index (χ0) is 24.5. The van der Waals surface area contributed by atoms with Crippen molar-refractivity contribution in [3.8, 4) is 0 Å². The van der Waals surface area contributed by atoms with Gasteiger partial charge >= 0.3 is 0 Å². The zero-order valence-corrected chi connectivity index (χ0v) is 18.1. The summed E-state index contributed by atoms with van der Waals surface area (Å²) in [6.07, 6.45) is -0.997. The molecule has 9 nitrogen and oxygen atoms in total. The molecule has 2 fully saturated rings. The van der Waals surface area contributed by atoms with E-state index < -0.39 is 52.1 Å². The molecule has 174 valence electrons. The monoisotopic (exact) mass is 470 g/mol. The summed E-state index contributed by atoms with van der Waals surface area (Å²) in [6, 6.07) is 20.3. The maximum Gasteiger partial charge on any atom is 0.241 e. The van der Waals surface area contributed by atoms with E-state index in [1.165, 1.54) is 36.4 Å². The highest BCUT2D eigenvalue weighted by atomic mass is 16.8. The second kappa shape index (κ2) is 7.49. The van der Waals surface area contributed by atoms with Gasteiger partial charge in [-0.1, -0.05) is 54.6 Å². The summed E-state index contributed by atoms with van der Waals surface area (Å²) >= 11 is 0. The van der Waals surface area contributed by atoms with Crippen molar-refractivity contribution in [3.05, 3.63) is 101 Å². The van der Waals surface area contributed by atoms with Gasteiger partial charge in [-0.3, -0.25) is 19.2 Å². The van der Waals surface area contributed by atoms with Gasteiger partial charge in [0.1, 0.15) is 0 Å². The van der Waals surface area contributed by atoms with E-state index in [9.17, 15) is 29.6 Å². The van der Waals surface area contributed by atoms with Gasteiger partial charge < -0.3 is 9.94 Å². The molecule has 2 saturated heterocycles. The van der Waals surface area contributed by atoms with E-state index in [0.717, 1.165) is 4.90 Å². The molecule has 0 saturated carbocycles. The summed E-state index contributed by atoms with van der Waals surface area (Å²) in [5.74, 6) is -5.05. The minimum Gasteiger partial charge on any atom is -0.595 e. The van der Waals surface area contributed by atoms with Gasteiger partial charge in [-0.15, -0.1) is 0 Å². The summed E-state index contributed by atoms with van der Waals surface area (Å²) in [6.45, 7) is 0. The Labute approximate surface area is 198 Å². The third-order valence-corrected chi connectivity index (χ3v) is 7.02. The van der Waals surface area contributed by atoms with Crippen molar-refractivity contribution in [2.45, 2.75) is 11.7 Å². The second-order valence-electron chi connectivity index (χ2n) is 8.76. The highest BCUT2D eigenvalue weighted by molar-refractivity contribution is 6.37. The maximum absolute atomic E-state index is 13.8. The largest absolute Gasteiger partial charge is 0.595 e. The lowest BCUT2D eigenvalue weighted by atomic mass is 9.77. The van der Waals surface area contributed by atoms with Crippen LogP contribution in [0.3, 0.4) is 0 Å². The first-order valence-corrected chi connectivity index (χ1v) is 11.0. The molecule has 0 aromatic heterocycles. The number of rotatable bonds is 3. The average Bonchev–Trinajstić information content (AvgIpc) is 3.44. The lowest BCUT2D eigenvalue weighted by Gasteiger charge is -2.27. The normalized spacial score (nSPS) is 25.3. The molecule has 2 heterocycles. The van der Waals surface area contributed by atoms with Gasteiger partial charge in [-0.2, -0.15) is 5.23 Å². The Balaban J connectivity index is 1.51. The number of carbonyl (C=O) groups excluding carboxylic acids is 4. The molecule has 35 heavy (non-hydrogen) atoms. The summed E-state index contributed by atoms with van der Waals surface area (Å²) in [4.78, 5) is 55.8. The Hall–Kier alpha value is -4.02. The first-order chi connectivity index (χ1) is 16.9. The Morgan fingerprint density at radius 2 is 1.37 bits per heavy atom. The molecule has 2 aliphatic heterocycles. The fourth-order valence-electron chi connectivity index (χ4n) is 5.47. The molecule has 9 heteroatoms. The Morgan fingerprint density at radius 3 is 1.94 bits per heavy atom. The maximum atomic E-state index is 13.8. The third kappa shape index (κ3) is 2.77. The standard InChI is InChI=1S/C26H18N2O7/c29-22-17-8-4-5-9-18(17)23(30)26(22)20-19(21(35-26)14-6-2-1-3-7-14)24(31)27(25(20)32)15-10-12-16(13-11-15)28(33)34/h1-13,19-21,28,33H/t19-,20+,21-/m1/s1. The van der Waals surface area contributed by atoms with E-state index in [4.69, 9.17) is 4.74 Å². The lowest BCUT2D eigenvalue weighted by Crippen LogP contribution is -2.99. The first-order valence-electron chi connectivity index (χ1n) is 11.0. The summed E-state index contributed by atoms with van der Waals surface area (Å²) in [7, 11) is 0. The minimum absolute atomic E-state index is 0.00778. The van der Waals surface area contributed by atoms with Crippen molar-refractivity contribution >= 4 is 34.8 Å². The van der Waals surface area contributed by atoms with Gasteiger partial charge in [0.25, 0.3) is 0 Å². The number of hydrogen-bond acceptors (Lipinski definition) is 7. The molecular formula is C26H18N2O7. The van der Waals surface area contributed by atoms with Crippen LogP contribution in [0.1, 0.15) is 32.4 Å². The van der Waals surface area contributed by atoms with Crippen LogP contribution in [0.5, 0.6) is 0 Å². The Kier molecular flexibility index (Phi) is 4.60. The van der Waals surface area contributed by atoms with Crippen molar-refractivity contribution in [2.75, 3.05) is 4.90 Å². The second-order valence-corrected chi connectivity index (χ2v) is 8.76. The highest BCUT2D eigenvalue weighted by Gasteiger charge is 2.74.